The van der Waals surface area contributed by atoms with Crippen molar-refractivity contribution in [3.63, 3.8) is 0 Å². The van der Waals surface area contributed by atoms with Crippen molar-refractivity contribution in [3.8, 4) is 5.75 Å². The summed E-state index contributed by atoms with van der Waals surface area (Å²) in [6.45, 7) is 0.374. The topological polar surface area (TPSA) is 82.6 Å². The first-order valence-electron chi connectivity index (χ1n) is 12.3. The van der Waals surface area contributed by atoms with Gasteiger partial charge in [-0.1, -0.05) is 78.9 Å². The van der Waals surface area contributed by atoms with Crippen molar-refractivity contribution in [2.45, 2.75) is 12.6 Å². The number of para-hydroxylation sites is 2. The van der Waals surface area contributed by atoms with Gasteiger partial charge in [-0.15, -0.1) is 0 Å². The van der Waals surface area contributed by atoms with Gasteiger partial charge in [0.05, 0.1) is 11.6 Å². The van der Waals surface area contributed by atoms with E-state index in [0.29, 0.717) is 29.2 Å². The van der Waals surface area contributed by atoms with Crippen molar-refractivity contribution in [2.24, 2.45) is 0 Å². The molecule has 186 valence electrons. The van der Waals surface area contributed by atoms with Crippen molar-refractivity contribution in [1.29, 1.82) is 0 Å². The molecular formula is C32H24N2O4. The molecule has 1 aromatic heterocycles. The maximum atomic E-state index is 13.5. The van der Waals surface area contributed by atoms with Crippen LogP contribution in [0.5, 0.6) is 5.75 Å². The van der Waals surface area contributed by atoms with E-state index in [1.807, 2.05) is 97.1 Å². The first kappa shape index (κ1) is 23.3. The Morgan fingerprint density at radius 2 is 1.55 bits per heavy atom. The Labute approximate surface area is 219 Å². The lowest BCUT2D eigenvalue weighted by atomic mass is 9.95. The number of Topliss-reactive ketones (excluding diaryl/α,β-unsaturated/α-hetero) is 1. The standard InChI is InChI=1S/C32H24N2O4/c35-30(26-19-33-27-17-8-7-16-25(26)27)28-29(34(32(37)31(28)36)23-13-5-2-6-14-23)22-12-9-15-24(18-22)38-20-21-10-3-1-4-11-21/h1-19,29,33,35H,20H2/b30-28-. The number of ether oxygens (including phenoxy) is 1. The van der Waals surface area contributed by atoms with Gasteiger partial charge in [0, 0.05) is 28.4 Å². The molecule has 0 bridgehead atoms. The minimum absolute atomic E-state index is 0.0313. The Kier molecular flexibility index (Phi) is 5.98. The smallest absolute Gasteiger partial charge is 0.300 e. The molecule has 1 fully saturated rings. The van der Waals surface area contributed by atoms with Gasteiger partial charge in [-0.3, -0.25) is 14.5 Å². The van der Waals surface area contributed by atoms with Gasteiger partial charge < -0.3 is 14.8 Å². The maximum absolute atomic E-state index is 13.5. The van der Waals surface area contributed by atoms with E-state index in [1.54, 1.807) is 18.3 Å². The van der Waals surface area contributed by atoms with Gasteiger partial charge in [0.2, 0.25) is 0 Å². The number of aromatic amines is 1. The second kappa shape index (κ2) is 9.75. The SMILES string of the molecule is O=C1C(=O)N(c2ccccc2)C(c2cccc(OCc3ccccc3)c2)/C1=C(/O)c1c[nH]c2ccccc12. The van der Waals surface area contributed by atoms with E-state index in [0.717, 1.165) is 16.5 Å². The van der Waals surface area contributed by atoms with E-state index in [2.05, 4.69) is 4.98 Å². The lowest BCUT2D eigenvalue weighted by molar-refractivity contribution is -0.132. The zero-order chi connectivity index (χ0) is 26.1. The van der Waals surface area contributed by atoms with Crippen LogP contribution in [0.15, 0.2) is 121 Å². The molecule has 6 nitrogen and oxygen atoms in total. The zero-order valence-corrected chi connectivity index (χ0v) is 20.4. The van der Waals surface area contributed by atoms with Crippen LogP contribution in [-0.4, -0.2) is 21.8 Å². The van der Waals surface area contributed by atoms with Crippen LogP contribution in [0.1, 0.15) is 22.7 Å². The minimum atomic E-state index is -0.841. The molecule has 6 rings (SSSR count). The Balaban J connectivity index is 1.47. The van der Waals surface area contributed by atoms with Gasteiger partial charge in [-0.2, -0.15) is 0 Å². The number of hydrogen-bond donors (Lipinski definition) is 2. The predicted molar refractivity (Wildman–Crippen MR) is 147 cm³/mol. The quantitative estimate of drug-likeness (QED) is 0.161. The van der Waals surface area contributed by atoms with E-state index in [1.165, 1.54) is 4.90 Å². The highest BCUT2D eigenvalue weighted by atomic mass is 16.5. The summed E-state index contributed by atoms with van der Waals surface area (Å²) in [4.78, 5) is 31.5. The van der Waals surface area contributed by atoms with Crippen LogP contribution in [-0.2, 0) is 16.2 Å². The molecule has 1 saturated heterocycles. The van der Waals surface area contributed by atoms with Gasteiger partial charge in [0.25, 0.3) is 11.7 Å². The van der Waals surface area contributed by atoms with Crippen LogP contribution in [0.3, 0.4) is 0 Å². The molecule has 1 aliphatic rings. The lowest BCUT2D eigenvalue weighted by Gasteiger charge is -2.25. The summed E-state index contributed by atoms with van der Waals surface area (Å²) >= 11 is 0. The van der Waals surface area contributed by atoms with Gasteiger partial charge in [-0.05, 0) is 41.5 Å². The number of carbonyl (C=O) groups excluding carboxylic acids is 2. The molecule has 0 saturated carbocycles. The van der Waals surface area contributed by atoms with Crippen molar-refractivity contribution in [1.82, 2.24) is 4.98 Å². The second-order valence-electron chi connectivity index (χ2n) is 9.10. The van der Waals surface area contributed by atoms with Crippen molar-refractivity contribution < 1.29 is 19.4 Å². The number of aliphatic hydroxyl groups excluding tert-OH is 1. The number of ketones is 1. The number of fused-ring (bicyclic) bond motifs is 1. The normalized spacial score (nSPS) is 16.7. The molecule has 38 heavy (non-hydrogen) atoms. The third kappa shape index (κ3) is 4.12. The van der Waals surface area contributed by atoms with Crippen LogP contribution in [0.4, 0.5) is 5.69 Å². The number of aliphatic hydroxyl groups is 1. The highest BCUT2D eigenvalue weighted by Crippen LogP contribution is 2.43. The average Bonchev–Trinajstić information content (AvgIpc) is 3.51. The van der Waals surface area contributed by atoms with Crippen LogP contribution < -0.4 is 9.64 Å². The second-order valence-corrected chi connectivity index (χ2v) is 9.10. The number of H-pyrrole nitrogens is 1. The number of rotatable bonds is 6. The minimum Gasteiger partial charge on any atom is -0.507 e. The van der Waals surface area contributed by atoms with Gasteiger partial charge in [-0.25, -0.2) is 0 Å². The number of carbonyl (C=O) groups is 2. The predicted octanol–water partition coefficient (Wildman–Crippen LogP) is 6.37. The number of nitrogens with one attached hydrogen (secondary N) is 1. The first-order valence-corrected chi connectivity index (χ1v) is 12.3. The van der Waals surface area contributed by atoms with Crippen LogP contribution in [0.25, 0.3) is 16.7 Å². The summed E-state index contributed by atoms with van der Waals surface area (Å²) in [5.41, 5.74) is 3.55. The third-order valence-corrected chi connectivity index (χ3v) is 6.75. The van der Waals surface area contributed by atoms with Crippen LogP contribution >= 0.6 is 0 Å². The molecule has 1 aliphatic heterocycles. The number of anilines is 1. The molecule has 6 heteroatoms. The fourth-order valence-electron chi connectivity index (χ4n) is 4.93. The Bertz CT molecular complexity index is 1670. The molecule has 0 radical (unpaired) electrons. The lowest BCUT2D eigenvalue weighted by Crippen LogP contribution is -2.29. The maximum Gasteiger partial charge on any atom is 0.300 e. The summed E-state index contributed by atoms with van der Waals surface area (Å²) in [6, 6.07) is 32.8. The van der Waals surface area contributed by atoms with E-state index >= 15 is 0 Å². The molecule has 0 spiro atoms. The molecule has 1 unspecified atom stereocenters. The fourth-order valence-corrected chi connectivity index (χ4v) is 4.93. The molecule has 4 aromatic carbocycles. The average molecular weight is 501 g/mol. The van der Waals surface area contributed by atoms with E-state index < -0.39 is 17.7 Å². The monoisotopic (exact) mass is 500 g/mol. The van der Waals surface area contributed by atoms with E-state index in [4.69, 9.17) is 4.74 Å². The van der Waals surface area contributed by atoms with Crippen LogP contribution in [0.2, 0.25) is 0 Å². The molecule has 1 amide bonds. The highest BCUT2D eigenvalue weighted by Gasteiger charge is 2.47. The summed E-state index contributed by atoms with van der Waals surface area (Å²) < 4.78 is 6.04. The largest absolute Gasteiger partial charge is 0.507 e. The van der Waals surface area contributed by atoms with E-state index in [-0.39, 0.29) is 11.3 Å². The van der Waals surface area contributed by atoms with Gasteiger partial charge in [0.15, 0.2) is 0 Å². The third-order valence-electron chi connectivity index (χ3n) is 6.75. The molecule has 2 heterocycles. The first-order chi connectivity index (χ1) is 18.6. The Hall–Kier alpha value is -5.10. The summed E-state index contributed by atoms with van der Waals surface area (Å²) in [5.74, 6) is -1.06. The molecule has 5 aromatic rings. The summed E-state index contributed by atoms with van der Waals surface area (Å²) in [5, 5.41) is 12.3. The fraction of sp³-hybridized carbons (Fsp3) is 0.0625. The molecule has 0 aliphatic carbocycles. The molecule has 1 atom stereocenters. The molecular weight excluding hydrogens is 476 g/mol. The van der Waals surface area contributed by atoms with Crippen molar-refractivity contribution in [2.75, 3.05) is 4.90 Å². The van der Waals surface area contributed by atoms with Gasteiger partial charge >= 0.3 is 0 Å². The van der Waals surface area contributed by atoms with E-state index in [9.17, 15) is 14.7 Å². The molecule has 2 N–H and O–H groups in total. The van der Waals surface area contributed by atoms with Crippen molar-refractivity contribution in [3.05, 3.63) is 138 Å². The highest BCUT2D eigenvalue weighted by molar-refractivity contribution is 6.51. The van der Waals surface area contributed by atoms with Crippen molar-refractivity contribution >= 4 is 34.0 Å². The summed E-state index contributed by atoms with van der Waals surface area (Å²) in [7, 11) is 0. The summed E-state index contributed by atoms with van der Waals surface area (Å²) in [6.07, 6.45) is 1.66. The number of aromatic nitrogens is 1. The number of hydrogen-bond acceptors (Lipinski definition) is 4. The number of benzene rings is 4. The van der Waals surface area contributed by atoms with Gasteiger partial charge in [0.1, 0.15) is 18.1 Å². The Morgan fingerprint density at radius 3 is 2.34 bits per heavy atom. The van der Waals surface area contributed by atoms with Crippen LogP contribution in [0, 0.1) is 0 Å². The number of nitrogens with zero attached hydrogens (tertiary/aromatic N) is 1. The zero-order valence-electron chi connectivity index (χ0n) is 20.4. The Morgan fingerprint density at radius 1 is 0.842 bits per heavy atom. The number of amides is 1.